The summed E-state index contributed by atoms with van der Waals surface area (Å²) in [4.78, 5) is 4.13. The molecule has 1 aliphatic carbocycles. The van der Waals surface area contributed by atoms with Crippen LogP contribution in [0.15, 0.2) is 18.3 Å². The highest BCUT2D eigenvalue weighted by atomic mass is 19.4. The van der Waals surface area contributed by atoms with Crippen molar-refractivity contribution in [3.63, 3.8) is 0 Å². The quantitative estimate of drug-likeness (QED) is 0.869. The van der Waals surface area contributed by atoms with Crippen molar-refractivity contribution in [3.05, 3.63) is 24.0 Å². The Morgan fingerprint density at radius 2 is 2.06 bits per heavy atom. The van der Waals surface area contributed by atoms with Crippen molar-refractivity contribution in [2.24, 2.45) is 5.92 Å². The number of aromatic nitrogens is 1. The third-order valence-corrected chi connectivity index (χ3v) is 3.42. The van der Waals surface area contributed by atoms with E-state index >= 15 is 0 Å². The molecule has 1 saturated carbocycles. The topological polar surface area (TPSA) is 24.9 Å². The molecule has 1 aromatic rings. The summed E-state index contributed by atoms with van der Waals surface area (Å²) in [6, 6.07) is 3.61. The third-order valence-electron chi connectivity index (χ3n) is 3.42. The van der Waals surface area contributed by atoms with Gasteiger partial charge in [0.1, 0.15) is 0 Å². The minimum atomic E-state index is -4.06. The Balaban J connectivity index is 1.95. The van der Waals surface area contributed by atoms with Gasteiger partial charge in [0.15, 0.2) is 0 Å². The molecule has 0 saturated heterocycles. The van der Waals surface area contributed by atoms with E-state index in [1.165, 1.54) is 0 Å². The Morgan fingerprint density at radius 3 is 2.67 bits per heavy atom. The first-order valence-electron chi connectivity index (χ1n) is 6.21. The second kappa shape index (κ2) is 5.16. The Labute approximate surface area is 105 Å². The van der Waals surface area contributed by atoms with E-state index in [-0.39, 0.29) is 18.9 Å². The number of rotatable bonds is 2. The minimum Gasteiger partial charge on any atom is -0.381 e. The normalized spacial score (nSPS) is 24.9. The van der Waals surface area contributed by atoms with Crippen molar-refractivity contribution < 1.29 is 13.2 Å². The van der Waals surface area contributed by atoms with Gasteiger partial charge in [0.25, 0.3) is 0 Å². The van der Waals surface area contributed by atoms with Gasteiger partial charge < -0.3 is 5.32 Å². The van der Waals surface area contributed by atoms with Crippen LogP contribution in [0.2, 0.25) is 0 Å². The number of nitrogens with one attached hydrogen (secondary N) is 1. The van der Waals surface area contributed by atoms with Gasteiger partial charge in [0, 0.05) is 11.7 Å². The molecule has 1 aromatic heterocycles. The average Bonchev–Trinajstić information content (AvgIpc) is 2.31. The first-order chi connectivity index (χ1) is 8.45. The van der Waals surface area contributed by atoms with Gasteiger partial charge in [-0.05, 0) is 38.3 Å². The molecule has 100 valence electrons. The second-order valence-corrected chi connectivity index (χ2v) is 4.93. The number of halogens is 3. The largest absolute Gasteiger partial charge is 0.391 e. The molecule has 1 N–H and O–H groups in total. The highest BCUT2D eigenvalue weighted by Crippen LogP contribution is 2.38. The van der Waals surface area contributed by atoms with Crippen LogP contribution in [-0.4, -0.2) is 17.2 Å². The van der Waals surface area contributed by atoms with E-state index in [0.717, 1.165) is 17.8 Å². The summed E-state index contributed by atoms with van der Waals surface area (Å²) in [6.07, 6.45) is -0.550. The van der Waals surface area contributed by atoms with Gasteiger partial charge >= 0.3 is 6.18 Å². The Bertz CT molecular complexity index is 386. The van der Waals surface area contributed by atoms with Crippen LogP contribution in [0.4, 0.5) is 18.9 Å². The fourth-order valence-corrected chi connectivity index (χ4v) is 2.41. The highest BCUT2D eigenvalue weighted by Gasteiger charge is 2.42. The lowest BCUT2D eigenvalue weighted by Gasteiger charge is -2.31. The molecule has 2 rings (SSSR count). The SMILES string of the molecule is Cc1ccc(NC2CCCC(C(F)(F)F)C2)cn1. The Hall–Kier alpha value is -1.26. The van der Waals surface area contributed by atoms with Crippen LogP contribution in [0, 0.1) is 12.8 Å². The molecule has 18 heavy (non-hydrogen) atoms. The number of hydrogen-bond acceptors (Lipinski definition) is 2. The monoisotopic (exact) mass is 258 g/mol. The summed E-state index contributed by atoms with van der Waals surface area (Å²) in [5, 5.41) is 3.15. The first kappa shape index (κ1) is 13.2. The summed E-state index contributed by atoms with van der Waals surface area (Å²) < 4.78 is 38.0. The van der Waals surface area contributed by atoms with Crippen LogP contribution in [0.1, 0.15) is 31.4 Å². The van der Waals surface area contributed by atoms with Crippen molar-refractivity contribution in [2.75, 3.05) is 5.32 Å². The maximum Gasteiger partial charge on any atom is 0.391 e. The lowest BCUT2D eigenvalue weighted by Crippen LogP contribution is -2.34. The van der Waals surface area contributed by atoms with E-state index in [9.17, 15) is 13.2 Å². The summed E-state index contributed by atoms with van der Waals surface area (Å²) >= 11 is 0. The van der Waals surface area contributed by atoms with Crippen LogP contribution in [-0.2, 0) is 0 Å². The molecule has 2 nitrogen and oxygen atoms in total. The van der Waals surface area contributed by atoms with Crippen molar-refractivity contribution in [1.82, 2.24) is 4.98 Å². The van der Waals surface area contributed by atoms with Gasteiger partial charge in [-0.1, -0.05) is 6.42 Å². The lowest BCUT2D eigenvalue weighted by atomic mass is 9.85. The molecule has 0 radical (unpaired) electrons. The molecule has 1 heterocycles. The maximum atomic E-state index is 12.7. The number of aryl methyl sites for hydroxylation is 1. The zero-order valence-electron chi connectivity index (χ0n) is 10.3. The van der Waals surface area contributed by atoms with Gasteiger partial charge in [-0.15, -0.1) is 0 Å². The third kappa shape index (κ3) is 3.37. The van der Waals surface area contributed by atoms with Crippen molar-refractivity contribution in [3.8, 4) is 0 Å². The predicted octanol–water partition coefficient (Wildman–Crippen LogP) is 3.92. The number of hydrogen-bond donors (Lipinski definition) is 1. The van der Waals surface area contributed by atoms with Crippen LogP contribution >= 0.6 is 0 Å². The highest BCUT2D eigenvalue weighted by molar-refractivity contribution is 5.41. The molecule has 0 bridgehead atoms. The van der Waals surface area contributed by atoms with Gasteiger partial charge in [0.2, 0.25) is 0 Å². The van der Waals surface area contributed by atoms with Crippen molar-refractivity contribution in [1.29, 1.82) is 0 Å². The molecule has 1 fully saturated rings. The van der Waals surface area contributed by atoms with Crippen LogP contribution in [0.3, 0.4) is 0 Å². The molecule has 0 aliphatic heterocycles. The number of pyridine rings is 1. The lowest BCUT2D eigenvalue weighted by molar-refractivity contribution is -0.182. The van der Waals surface area contributed by atoms with E-state index in [0.29, 0.717) is 6.42 Å². The van der Waals surface area contributed by atoms with Gasteiger partial charge in [-0.3, -0.25) is 4.98 Å². The van der Waals surface area contributed by atoms with Crippen LogP contribution in [0.5, 0.6) is 0 Å². The summed E-state index contributed by atoms with van der Waals surface area (Å²) in [5.41, 5.74) is 1.70. The minimum absolute atomic E-state index is 0.102. The fraction of sp³-hybridized carbons (Fsp3) is 0.615. The molecule has 1 aliphatic rings. The molecule has 5 heteroatoms. The summed E-state index contributed by atoms with van der Waals surface area (Å²) in [5.74, 6) is -1.16. The van der Waals surface area contributed by atoms with E-state index in [1.54, 1.807) is 6.20 Å². The predicted molar refractivity (Wildman–Crippen MR) is 64.4 cm³/mol. The number of nitrogens with zero attached hydrogens (tertiary/aromatic N) is 1. The van der Waals surface area contributed by atoms with E-state index in [2.05, 4.69) is 10.3 Å². The van der Waals surface area contributed by atoms with E-state index in [4.69, 9.17) is 0 Å². The smallest absolute Gasteiger partial charge is 0.381 e. The maximum absolute atomic E-state index is 12.7. The van der Waals surface area contributed by atoms with Crippen LogP contribution < -0.4 is 5.32 Å². The zero-order chi connectivity index (χ0) is 13.2. The van der Waals surface area contributed by atoms with Crippen LogP contribution in [0.25, 0.3) is 0 Å². The van der Waals surface area contributed by atoms with Crippen molar-refractivity contribution >= 4 is 5.69 Å². The standard InChI is InChI=1S/C13H17F3N2/c1-9-5-6-12(8-17-9)18-11-4-2-3-10(7-11)13(14,15)16/h5-6,8,10-11,18H,2-4,7H2,1H3. The van der Waals surface area contributed by atoms with E-state index < -0.39 is 12.1 Å². The number of anilines is 1. The van der Waals surface area contributed by atoms with Gasteiger partial charge in [-0.2, -0.15) is 13.2 Å². The van der Waals surface area contributed by atoms with E-state index in [1.807, 2.05) is 19.1 Å². The first-order valence-corrected chi connectivity index (χ1v) is 6.21. The molecule has 0 aromatic carbocycles. The molecule has 0 spiro atoms. The zero-order valence-corrected chi connectivity index (χ0v) is 10.3. The van der Waals surface area contributed by atoms with Crippen molar-refractivity contribution in [2.45, 2.75) is 44.8 Å². The Morgan fingerprint density at radius 1 is 1.28 bits per heavy atom. The Kier molecular flexibility index (Phi) is 3.78. The second-order valence-electron chi connectivity index (χ2n) is 4.93. The average molecular weight is 258 g/mol. The molecule has 2 atom stereocenters. The van der Waals surface area contributed by atoms with Gasteiger partial charge in [-0.25, -0.2) is 0 Å². The summed E-state index contributed by atoms with van der Waals surface area (Å²) in [6.45, 7) is 1.88. The molecule has 2 unspecified atom stereocenters. The molecular formula is C13H17F3N2. The fourth-order valence-electron chi connectivity index (χ4n) is 2.41. The van der Waals surface area contributed by atoms with Gasteiger partial charge in [0.05, 0.1) is 17.8 Å². The molecular weight excluding hydrogens is 241 g/mol. The molecule has 0 amide bonds. The number of alkyl halides is 3. The summed E-state index contributed by atoms with van der Waals surface area (Å²) in [7, 11) is 0.